The van der Waals surface area contributed by atoms with Crippen molar-refractivity contribution in [3.8, 4) is 19.5 Å². The lowest BCUT2D eigenvalue weighted by Crippen LogP contribution is -2.02. The lowest BCUT2D eigenvalue weighted by atomic mass is 9.98. The molecule has 0 fully saturated rings. The van der Waals surface area contributed by atoms with Crippen LogP contribution in [0.15, 0.2) is 28.1 Å². The summed E-state index contributed by atoms with van der Waals surface area (Å²) >= 11 is 9.62. The number of aryl methyl sites for hydroxylation is 2. The largest absolute Gasteiger partial charge is 0.153 e. The minimum absolute atomic E-state index is 1.20. The minimum Gasteiger partial charge on any atom is -0.150 e. The fourth-order valence-corrected chi connectivity index (χ4v) is 7.69. The standard InChI is InChI=1S/C24H32BBrS3/c1-3-5-7-9-11-17-15-21(28-23(17)25)19-13-14-20(27-19)22-16-18(24(26)29-22)12-10-8-6-4-2/h13-16H,3-12,25H2,1-2H3. The van der Waals surface area contributed by atoms with E-state index in [1.807, 2.05) is 34.0 Å². The molecule has 0 N–H and O–H groups in total. The zero-order valence-electron chi connectivity index (χ0n) is 18.0. The molecule has 0 aliphatic heterocycles. The molecule has 156 valence electrons. The molecule has 3 rings (SSSR count). The summed E-state index contributed by atoms with van der Waals surface area (Å²) in [5.41, 5.74) is 3.04. The van der Waals surface area contributed by atoms with Gasteiger partial charge in [-0.2, -0.15) is 0 Å². The van der Waals surface area contributed by atoms with Crippen molar-refractivity contribution in [2.75, 3.05) is 0 Å². The van der Waals surface area contributed by atoms with Gasteiger partial charge in [0.05, 0.1) is 3.79 Å². The first-order valence-corrected chi connectivity index (χ1v) is 14.3. The zero-order chi connectivity index (χ0) is 20.6. The number of hydrogen-bond acceptors (Lipinski definition) is 3. The van der Waals surface area contributed by atoms with Crippen molar-refractivity contribution in [3.63, 3.8) is 0 Å². The fraction of sp³-hybridized carbons (Fsp3) is 0.500. The smallest absolute Gasteiger partial charge is 0.150 e. The van der Waals surface area contributed by atoms with E-state index in [4.69, 9.17) is 0 Å². The van der Waals surface area contributed by atoms with Crippen molar-refractivity contribution in [2.45, 2.75) is 78.1 Å². The van der Waals surface area contributed by atoms with E-state index in [9.17, 15) is 0 Å². The lowest BCUT2D eigenvalue weighted by Gasteiger charge is -1.99. The predicted octanol–water partition coefficient (Wildman–Crippen LogP) is 8.47. The summed E-state index contributed by atoms with van der Waals surface area (Å²) in [4.78, 5) is 5.68. The van der Waals surface area contributed by atoms with Gasteiger partial charge in [-0.3, -0.25) is 0 Å². The Hall–Kier alpha value is -0.355. The Labute approximate surface area is 198 Å². The number of rotatable bonds is 12. The molecule has 0 amide bonds. The second-order valence-electron chi connectivity index (χ2n) is 7.89. The highest BCUT2D eigenvalue weighted by Gasteiger charge is 2.13. The summed E-state index contributed by atoms with van der Waals surface area (Å²) in [7, 11) is 2.29. The van der Waals surface area contributed by atoms with Crippen LogP contribution in [0, 0.1) is 0 Å². The molecule has 5 heteroatoms. The molecule has 3 heterocycles. The van der Waals surface area contributed by atoms with Crippen molar-refractivity contribution < 1.29 is 0 Å². The van der Waals surface area contributed by atoms with Crippen molar-refractivity contribution in [1.29, 1.82) is 0 Å². The van der Waals surface area contributed by atoms with Gasteiger partial charge in [-0.1, -0.05) is 52.4 Å². The highest BCUT2D eigenvalue weighted by Crippen LogP contribution is 2.42. The number of halogens is 1. The van der Waals surface area contributed by atoms with E-state index >= 15 is 0 Å². The Morgan fingerprint density at radius 3 is 1.86 bits per heavy atom. The molecule has 0 unspecified atom stereocenters. The van der Waals surface area contributed by atoms with Gasteiger partial charge in [-0.25, -0.2) is 0 Å². The van der Waals surface area contributed by atoms with Crippen LogP contribution >= 0.6 is 49.9 Å². The van der Waals surface area contributed by atoms with Crippen LogP contribution < -0.4 is 4.78 Å². The van der Waals surface area contributed by atoms with E-state index in [0.29, 0.717) is 0 Å². The second-order valence-corrected chi connectivity index (χ2v) is 12.6. The van der Waals surface area contributed by atoms with Crippen molar-refractivity contribution >= 4 is 62.6 Å². The number of thiophene rings is 3. The first kappa shape index (κ1) is 23.3. The molecular weight excluding hydrogens is 475 g/mol. The van der Waals surface area contributed by atoms with E-state index in [0.717, 1.165) is 0 Å². The molecule has 0 atom stereocenters. The number of hydrogen-bond donors (Lipinski definition) is 0. The maximum Gasteiger partial charge on any atom is 0.153 e. The van der Waals surface area contributed by atoms with E-state index in [2.05, 4.69) is 61.9 Å². The first-order valence-electron chi connectivity index (χ1n) is 11.1. The summed E-state index contributed by atoms with van der Waals surface area (Å²) in [6.07, 6.45) is 13.1. The average molecular weight is 507 g/mol. The fourth-order valence-electron chi connectivity index (χ4n) is 3.68. The summed E-state index contributed by atoms with van der Waals surface area (Å²) in [6.45, 7) is 4.56. The third-order valence-electron chi connectivity index (χ3n) is 5.47. The third kappa shape index (κ3) is 6.56. The summed E-state index contributed by atoms with van der Waals surface area (Å²) in [6, 6.07) is 9.50. The molecule has 0 aromatic carbocycles. The van der Waals surface area contributed by atoms with Crippen LogP contribution in [0.2, 0.25) is 0 Å². The molecule has 0 saturated heterocycles. The Bertz CT molecular complexity index is 819. The van der Waals surface area contributed by atoms with E-state index in [1.165, 1.54) is 97.8 Å². The van der Waals surface area contributed by atoms with Crippen LogP contribution in [0.4, 0.5) is 0 Å². The van der Waals surface area contributed by atoms with Gasteiger partial charge in [0, 0.05) is 19.5 Å². The van der Waals surface area contributed by atoms with Crippen molar-refractivity contribution in [3.05, 3.63) is 39.2 Å². The first-order chi connectivity index (χ1) is 14.1. The molecule has 0 spiro atoms. The Morgan fingerprint density at radius 2 is 1.24 bits per heavy atom. The molecule has 3 aromatic heterocycles. The molecule has 0 bridgehead atoms. The maximum atomic E-state index is 3.81. The predicted molar refractivity (Wildman–Crippen MR) is 143 cm³/mol. The van der Waals surface area contributed by atoms with Crippen LogP contribution in [0.3, 0.4) is 0 Å². The summed E-state index contributed by atoms with van der Waals surface area (Å²) in [5, 5.41) is 0. The Morgan fingerprint density at radius 1 is 0.690 bits per heavy atom. The SMILES string of the molecule is Bc1sc(-c2ccc(-c3cc(CCCCCC)c(Br)s3)s2)cc1CCCCCC. The van der Waals surface area contributed by atoms with Crippen molar-refractivity contribution in [1.82, 2.24) is 0 Å². The third-order valence-corrected chi connectivity index (χ3v) is 10.00. The molecule has 0 aliphatic rings. The molecule has 0 nitrogen and oxygen atoms in total. The molecule has 0 aliphatic carbocycles. The van der Waals surface area contributed by atoms with Gasteiger partial charge in [-0.05, 0) is 81.8 Å². The summed E-state index contributed by atoms with van der Waals surface area (Å²) < 4.78 is 2.82. The van der Waals surface area contributed by atoms with Gasteiger partial charge in [0.2, 0.25) is 0 Å². The van der Waals surface area contributed by atoms with E-state index in [1.54, 1.807) is 5.56 Å². The summed E-state index contributed by atoms with van der Waals surface area (Å²) in [5.74, 6) is 0. The van der Waals surface area contributed by atoms with Gasteiger partial charge < -0.3 is 0 Å². The number of unbranched alkanes of at least 4 members (excludes halogenated alkanes) is 6. The highest BCUT2D eigenvalue weighted by atomic mass is 79.9. The topological polar surface area (TPSA) is 0 Å². The molecule has 0 radical (unpaired) electrons. The van der Waals surface area contributed by atoms with E-state index in [-0.39, 0.29) is 0 Å². The highest BCUT2D eigenvalue weighted by molar-refractivity contribution is 9.11. The van der Waals surface area contributed by atoms with E-state index < -0.39 is 0 Å². The quantitative estimate of drug-likeness (QED) is 0.170. The normalized spacial score (nSPS) is 11.4. The van der Waals surface area contributed by atoms with Crippen LogP contribution in [0.25, 0.3) is 19.5 Å². The van der Waals surface area contributed by atoms with Gasteiger partial charge in [-0.15, -0.1) is 34.0 Å². The van der Waals surface area contributed by atoms with Gasteiger partial charge >= 0.3 is 0 Å². The molecule has 0 saturated carbocycles. The van der Waals surface area contributed by atoms with Gasteiger partial charge in [0.25, 0.3) is 0 Å². The Kier molecular flexibility index (Phi) is 9.55. The lowest BCUT2D eigenvalue weighted by molar-refractivity contribution is 0.667. The van der Waals surface area contributed by atoms with Crippen LogP contribution in [0.5, 0.6) is 0 Å². The van der Waals surface area contributed by atoms with Crippen LogP contribution in [-0.2, 0) is 12.8 Å². The van der Waals surface area contributed by atoms with Gasteiger partial charge in [0.15, 0.2) is 7.85 Å². The molecular formula is C24H32BBrS3. The Balaban J connectivity index is 1.66. The van der Waals surface area contributed by atoms with Crippen molar-refractivity contribution in [2.24, 2.45) is 0 Å². The minimum atomic E-state index is 1.20. The zero-order valence-corrected chi connectivity index (χ0v) is 22.0. The van der Waals surface area contributed by atoms with Gasteiger partial charge in [0.1, 0.15) is 0 Å². The molecule has 3 aromatic rings. The second kappa shape index (κ2) is 11.9. The molecule has 29 heavy (non-hydrogen) atoms. The monoisotopic (exact) mass is 506 g/mol. The van der Waals surface area contributed by atoms with Crippen LogP contribution in [0.1, 0.15) is 76.3 Å². The van der Waals surface area contributed by atoms with Crippen LogP contribution in [-0.4, -0.2) is 7.85 Å². The maximum absolute atomic E-state index is 3.81. The average Bonchev–Trinajstić information content (AvgIpc) is 3.42.